The third-order valence-electron chi connectivity index (χ3n) is 6.26. The summed E-state index contributed by atoms with van der Waals surface area (Å²) in [5.41, 5.74) is 3.72. The third-order valence-corrected chi connectivity index (χ3v) is 6.26. The number of nitrogens with zero attached hydrogens (tertiary/aromatic N) is 5. The first-order valence-electron chi connectivity index (χ1n) is 9.82. The Balaban J connectivity index is 1.53. The molecule has 8 heteroatoms. The molecule has 0 spiro atoms. The molecule has 3 heterocycles. The summed E-state index contributed by atoms with van der Waals surface area (Å²) in [7, 11) is 1.77. The minimum atomic E-state index is -0.0464. The molecule has 2 atom stereocenters. The van der Waals surface area contributed by atoms with Gasteiger partial charge in [-0.2, -0.15) is 4.98 Å². The lowest BCUT2D eigenvalue weighted by Gasteiger charge is -2.13. The summed E-state index contributed by atoms with van der Waals surface area (Å²) in [6, 6.07) is 5.59. The van der Waals surface area contributed by atoms with Crippen molar-refractivity contribution in [2.75, 3.05) is 18.5 Å². The molecule has 0 amide bonds. The molecular formula is C21H22N6O2. The highest BCUT2D eigenvalue weighted by Gasteiger charge is 2.40. The summed E-state index contributed by atoms with van der Waals surface area (Å²) < 4.78 is 9.05. The normalized spacial score (nSPS) is 21.4. The number of fused-ring (bicyclic) bond motifs is 2. The van der Waals surface area contributed by atoms with Gasteiger partial charge >= 0.3 is 5.69 Å². The molecule has 1 aromatic carbocycles. The van der Waals surface area contributed by atoms with Crippen molar-refractivity contribution in [1.29, 1.82) is 0 Å². The molecule has 1 saturated carbocycles. The van der Waals surface area contributed by atoms with Gasteiger partial charge in [-0.15, -0.1) is 0 Å². The van der Waals surface area contributed by atoms with E-state index in [9.17, 15) is 4.79 Å². The van der Waals surface area contributed by atoms with E-state index in [0.29, 0.717) is 29.1 Å². The lowest BCUT2D eigenvalue weighted by Crippen LogP contribution is -2.25. The van der Waals surface area contributed by atoms with Crippen LogP contribution in [0.4, 0.5) is 17.3 Å². The average Bonchev–Trinajstić information content (AvgIpc) is 3.37. The zero-order valence-corrected chi connectivity index (χ0v) is 16.4. The number of ether oxygens (including phenoxy) is 1. The minimum absolute atomic E-state index is 0.0464. The fraction of sp³-hybridized carbons (Fsp3) is 0.429. The van der Waals surface area contributed by atoms with Crippen molar-refractivity contribution in [3.8, 4) is 0 Å². The first kappa shape index (κ1) is 17.9. The van der Waals surface area contributed by atoms with Gasteiger partial charge in [0.25, 0.3) is 0 Å². The van der Waals surface area contributed by atoms with Crippen molar-refractivity contribution in [2.24, 2.45) is 18.9 Å². The quantitative estimate of drug-likeness (QED) is 0.694. The second kappa shape index (κ2) is 6.71. The van der Waals surface area contributed by atoms with Gasteiger partial charge < -0.3 is 10.1 Å². The first-order valence-corrected chi connectivity index (χ1v) is 9.82. The molecule has 2 aliphatic rings. The highest BCUT2D eigenvalue weighted by atomic mass is 16.5. The van der Waals surface area contributed by atoms with Crippen LogP contribution in [0, 0.1) is 25.3 Å². The van der Waals surface area contributed by atoms with Crippen LogP contribution in [0.2, 0.25) is 0 Å². The van der Waals surface area contributed by atoms with Crippen LogP contribution in [-0.2, 0) is 11.8 Å². The number of benzene rings is 1. The largest absolute Gasteiger partial charge is 0.381 e. The highest BCUT2D eigenvalue weighted by molar-refractivity contribution is 5.73. The fourth-order valence-corrected chi connectivity index (χ4v) is 4.67. The fourth-order valence-electron chi connectivity index (χ4n) is 4.67. The molecule has 8 nitrogen and oxygen atoms in total. The molecule has 148 valence electrons. The SMILES string of the molecule is [C-]#[N+]c1ccc(Nc2ncc3c(n2)n(C2C[C@@H]4COC[C@H]4C2)c(=O)n3C)c(C)c1. The molecule has 1 aliphatic heterocycles. The van der Waals surface area contributed by atoms with Gasteiger partial charge in [-0.05, 0) is 43.2 Å². The molecule has 5 rings (SSSR count). The van der Waals surface area contributed by atoms with Crippen molar-refractivity contribution in [1.82, 2.24) is 19.1 Å². The Hall–Kier alpha value is -3.18. The van der Waals surface area contributed by atoms with Crippen LogP contribution in [0.3, 0.4) is 0 Å². The lowest BCUT2D eigenvalue weighted by molar-refractivity contribution is 0.167. The summed E-state index contributed by atoms with van der Waals surface area (Å²) >= 11 is 0. The monoisotopic (exact) mass is 390 g/mol. The van der Waals surface area contributed by atoms with Crippen LogP contribution >= 0.6 is 0 Å². The molecule has 29 heavy (non-hydrogen) atoms. The van der Waals surface area contributed by atoms with E-state index in [2.05, 4.69) is 15.1 Å². The van der Waals surface area contributed by atoms with E-state index < -0.39 is 0 Å². The number of rotatable bonds is 3. The Morgan fingerprint density at radius 1 is 1.28 bits per heavy atom. The van der Waals surface area contributed by atoms with Gasteiger partial charge in [-0.1, -0.05) is 12.1 Å². The van der Waals surface area contributed by atoms with E-state index in [1.807, 2.05) is 23.6 Å². The maximum absolute atomic E-state index is 13.0. The van der Waals surface area contributed by atoms with Gasteiger partial charge in [0.1, 0.15) is 5.52 Å². The molecule has 0 bridgehead atoms. The topological polar surface area (TPSA) is 78.3 Å². The Labute approximate surface area is 168 Å². The first-order chi connectivity index (χ1) is 14.0. The van der Waals surface area contributed by atoms with Crippen molar-refractivity contribution < 1.29 is 4.74 Å². The summed E-state index contributed by atoms with van der Waals surface area (Å²) in [5.74, 6) is 1.51. The van der Waals surface area contributed by atoms with Gasteiger partial charge in [-0.25, -0.2) is 14.6 Å². The Kier molecular flexibility index (Phi) is 4.14. The molecule has 1 N–H and O–H groups in total. The maximum Gasteiger partial charge on any atom is 0.330 e. The van der Waals surface area contributed by atoms with Crippen LogP contribution in [0.1, 0.15) is 24.4 Å². The zero-order chi connectivity index (χ0) is 20.1. The van der Waals surface area contributed by atoms with Gasteiger partial charge in [0, 0.05) is 32.0 Å². The van der Waals surface area contributed by atoms with E-state index in [1.54, 1.807) is 23.9 Å². The average molecular weight is 390 g/mol. The van der Waals surface area contributed by atoms with Gasteiger partial charge in [-0.3, -0.25) is 9.13 Å². The van der Waals surface area contributed by atoms with Gasteiger partial charge in [0.2, 0.25) is 5.95 Å². The second-order valence-electron chi connectivity index (χ2n) is 8.03. The Morgan fingerprint density at radius 2 is 2.03 bits per heavy atom. The van der Waals surface area contributed by atoms with Gasteiger partial charge in [0.05, 0.1) is 12.8 Å². The van der Waals surface area contributed by atoms with Gasteiger partial charge in [0.15, 0.2) is 11.3 Å². The molecule has 0 radical (unpaired) electrons. The second-order valence-corrected chi connectivity index (χ2v) is 8.03. The van der Waals surface area contributed by atoms with Crippen molar-refractivity contribution in [3.05, 3.63) is 51.9 Å². The lowest BCUT2D eigenvalue weighted by atomic mass is 10.0. The van der Waals surface area contributed by atoms with Crippen LogP contribution in [0.15, 0.2) is 29.2 Å². The van der Waals surface area contributed by atoms with Crippen LogP contribution in [0.25, 0.3) is 16.0 Å². The summed E-state index contributed by atoms with van der Waals surface area (Å²) in [6.07, 6.45) is 3.60. The number of imidazole rings is 1. The Bertz CT molecular complexity index is 1190. The van der Waals surface area contributed by atoms with Crippen molar-refractivity contribution >= 4 is 28.5 Å². The van der Waals surface area contributed by atoms with E-state index in [1.165, 1.54) is 0 Å². The Morgan fingerprint density at radius 3 is 2.72 bits per heavy atom. The number of anilines is 2. The number of hydrogen-bond acceptors (Lipinski definition) is 5. The van der Waals surface area contributed by atoms with Crippen LogP contribution in [0.5, 0.6) is 0 Å². The number of nitrogens with one attached hydrogen (secondary N) is 1. The third kappa shape index (κ3) is 2.89. The molecule has 0 unspecified atom stereocenters. The zero-order valence-electron chi connectivity index (χ0n) is 16.4. The predicted molar refractivity (Wildman–Crippen MR) is 110 cm³/mol. The number of aryl methyl sites for hydroxylation is 2. The van der Waals surface area contributed by atoms with Crippen molar-refractivity contribution in [3.63, 3.8) is 0 Å². The summed E-state index contributed by atoms with van der Waals surface area (Å²) in [6.45, 7) is 10.7. The number of hydrogen-bond donors (Lipinski definition) is 1. The molecule has 2 aromatic heterocycles. The summed E-state index contributed by atoms with van der Waals surface area (Å²) in [5, 5.41) is 3.23. The highest BCUT2D eigenvalue weighted by Crippen LogP contribution is 2.43. The standard InChI is InChI=1S/C21H22N6O2/c1-12-6-15(22-2)4-5-17(12)24-20-23-9-18-19(25-20)27(21(28)26(18)3)16-7-13-10-29-11-14(13)8-16/h4-6,9,13-14,16H,7-8,10-11H2,1,3H3,(H,23,24,25)/t13-,14-/m1/s1. The smallest absolute Gasteiger partial charge is 0.330 e. The van der Waals surface area contributed by atoms with E-state index >= 15 is 0 Å². The predicted octanol–water partition coefficient (Wildman–Crippen LogP) is 3.33. The molecule has 3 aromatic rings. The van der Waals surface area contributed by atoms with Crippen LogP contribution in [-0.4, -0.2) is 32.3 Å². The molecule has 1 saturated heterocycles. The summed E-state index contributed by atoms with van der Waals surface area (Å²) in [4.78, 5) is 25.5. The van der Waals surface area contributed by atoms with E-state index in [0.717, 1.165) is 42.8 Å². The molecule has 2 fully saturated rings. The molecular weight excluding hydrogens is 368 g/mol. The van der Waals surface area contributed by atoms with E-state index in [-0.39, 0.29) is 11.7 Å². The number of aromatic nitrogens is 4. The minimum Gasteiger partial charge on any atom is -0.381 e. The van der Waals surface area contributed by atoms with Crippen LogP contribution < -0.4 is 11.0 Å². The maximum atomic E-state index is 13.0. The molecule has 1 aliphatic carbocycles. The van der Waals surface area contributed by atoms with Crippen molar-refractivity contribution in [2.45, 2.75) is 25.8 Å². The van der Waals surface area contributed by atoms with E-state index in [4.69, 9.17) is 16.3 Å².